The quantitative estimate of drug-likeness (QED) is 0.804. The molecule has 1 aliphatic carbocycles. The first-order valence-corrected chi connectivity index (χ1v) is 6.70. The Labute approximate surface area is 109 Å². The molecule has 3 N–H and O–H groups in total. The minimum Gasteiger partial charge on any atom is -0.389 e. The van der Waals surface area contributed by atoms with Gasteiger partial charge < -0.3 is 11.1 Å². The molecule has 0 amide bonds. The minimum atomic E-state index is 0.466. The second-order valence-corrected chi connectivity index (χ2v) is 5.51. The molecule has 92 valence electrons. The zero-order valence-electron chi connectivity index (χ0n) is 10.3. The number of anilines is 1. The van der Waals surface area contributed by atoms with Crippen LogP contribution in [0.2, 0.25) is 0 Å². The number of hydrogen-bond acceptors (Lipinski definition) is 2. The zero-order valence-corrected chi connectivity index (χ0v) is 11.1. The summed E-state index contributed by atoms with van der Waals surface area (Å²) < 4.78 is 0. The first-order chi connectivity index (χ1) is 8.16. The van der Waals surface area contributed by atoms with Crippen LogP contribution >= 0.6 is 12.2 Å². The van der Waals surface area contributed by atoms with Crippen LogP contribution in [0, 0.1) is 11.8 Å². The van der Waals surface area contributed by atoms with Crippen molar-refractivity contribution < 1.29 is 0 Å². The normalized spacial score (nSPS) is 23.6. The van der Waals surface area contributed by atoms with E-state index in [2.05, 4.69) is 12.2 Å². The molecule has 1 aliphatic rings. The number of benzene rings is 1. The summed E-state index contributed by atoms with van der Waals surface area (Å²) in [7, 11) is 0. The van der Waals surface area contributed by atoms with Gasteiger partial charge in [-0.15, -0.1) is 0 Å². The molecule has 0 heterocycles. The summed E-state index contributed by atoms with van der Waals surface area (Å²) in [6, 6.07) is 8.01. The molecule has 0 spiro atoms. The molecule has 1 aromatic rings. The first-order valence-electron chi connectivity index (χ1n) is 6.29. The molecule has 0 radical (unpaired) electrons. The van der Waals surface area contributed by atoms with Crippen LogP contribution in [0.1, 0.15) is 31.7 Å². The molecule has 1 saturated carbocycles. The minimum absolute atomic E-state index is 0.466. The number of nitrogens with one attached hydrogen (secondary N) is 1. The van der Waals surface area contributed by atoms with Crippen molar-refractivity contribution in [2.24, 2.45) is 17.6 Å². The molecule has 2 rings (SSSR count). The monoisotopic (exact) mass is 248 g/mol. The molecule has 0 saturated heterocycles. The van der Waals surface area contributed by atoms with E-state index in [1.165, 1.54) is 19.3 Å². The third-order valence-electron chi connectivity index (χ3n) is 3.58. The number of thiocarbonyl (C=S) groups is 1. The van der Waals surface area contributed by atoms with Gasteiger partial charge in [0.05, 0.1) is 0 Å². The average molecular weight is 248 g/mol. The maximum Gasteiger partial charge on any atom is 0.106 e. The summed E-state index contributed by atoms with van der Waals surface area (Å²) in [5.74, 6) is 1.68. The highest BCUT2D eigenvalue weighted by molar-refractivity contribution is 7.80. The van der Waals surface area contributed by atoms with Gasteiger partial charge in [-0.1, -0.05) is 37.7 Å². The Morgan fingerprint density at radius 2 is 2.18 bits per heavy atom. The lowest BCUT2D eigenvalue weighted by Gasteiger charge is -2.14. The molecular formula is C14H20N2S. The molecule has 2 atom stereocenters. The van der Waals surface area contributed by atoms with Gasteiger partial charge in [-0.05, 0) is 36.8 Å². The van der Waals surface area contributed by atoms with E-state index in [9.17, 15) is 0 Å². The molecule has 0 bridgehead atoms. The van der Waals surface area contributed by atoms with Gasteiger partial charge >= 0.3 is 0 Å². The fourth-order valence-corrected chi connectivity index (χ4v) is 2.79. The molecule has 17 heavy (non-hydrogen) atoms. The number of nitrogens with two attached hydrogens (primary N) is 1. The van der Waals surface area contributed by atoms with Crippen LogP contribution in [0.25, 0.3) is 0 Å². The average Bonchev–Trinajstić information content (AvgIpc) is 2.73. The van der Waals surface area contributed by atoms with E-state index in [0.717, 1.165) is 29.6 Å². The highest BCUT2D eigenvalue weighted by Gasteiger charge is 2.21. The second kappa shape index (κ2) is 5.50. The summed E-state index contributed by atoms with van der Waals surface area (Å²) >= 11 is 5.06. The summed E-state index contributed by atoms with van der Waals surface area (Å²) in [6.45, 7) is 3.37. The van der Waals surface area contributed by atoms with Crippen LogP contribution in [-0.2, 0) is 0 Å². The SMILES string of the molecule is CC1CCC(CNc2ccccc2C(N)=S)C1. The lowest BCUT2D eigenvalue weighted by Crippen LogP contribution is -2.16. The Morgan fingerprint density at radius 3 is 2.82 bits per heavy atom. The van der Waals surface area contributed by atoms with Crippen LogP contribution in [0.3, 0.4) is 0 Å². The highest BCUT2D eigenvalue weighted by atomic mass is 32.1. The van der Waals surface area contributed by atoms with Crippen molar-refractivity contribution in [2.75, 3.05) is 11.9 Å². The predicted octanol–water partition coefficient (Wildman–Crippen LogP) is 3.17. The van der Waals surface area contributed by atoms with Crippen LogP contribution < -0.4 is 11.1 Å². The summed E-state index contributed by atoms with van der Waals surface area (Å²) in [4.78, 5) is 0.466. The Bertz CT molecular complexity index is 403. The Hall–Kier alpha value is -1.09. The van der Waals surface area contributed by atoms with Gasteiger partial charge in [-0.25, -0.2) is 0 Å². The van der Waals surface area contributed by atoms with E-state index >= 15 is 0 Å². The Morgan fingerprint density at radius 1 is 1.41 bits per heavy atom. The standard InChI is InChI=1S/C14H20N2S/c1-10-6-7-11(8-10)9-16-13-5-3-2-4-12(13)14(15)17/h2-5,10-11,16H,6-9H2,1H3,(H2,15,17). The van der Waals surface area contributed by atoms with Gasteiger partial charge in [0.1, 0.15) is 4.99 Å². The molecule has 3 heteroatoms. The second-order valence-electron chi connectivity index (χ2n) is 5.07. The van der Waals surface area contributed by atoms with Gasteiger partial charge in [0.2, 0.25) is 0 Å². The molecule has 0 aromatic heterocycles. The maximum atomic E-state index is 5.71. The molecule has 2 unspecified atom stereocenters. The van der Waals surface area contributed by atoms with Crippen molar-refractivity contribution in [3.8, 4) is 0 Å². The summed E-state index contributed by atoms with van der Waals surface area (Å²) in [5.41, 5.74) is 7.73. The topological polar surface area (TPSA) is 38.0 Å². The van der Waals surface area contributed by atoms with E-state index in [1.54, 1.807) is 0 Å². The van der Waals surface area contributed by atoms with E-state index in [0.29, 0.717) is 4.99 Å². The lowest BCUT2D eigenvalue weighted by molar-refractivity contribution is 0.537. The van der Waals surface area contributed by atoms with E-state index in [4.69, 9.17) is 18.0 Å². The van der Waals surface area contributed by atoms with Crippen molar-refractivity contribution >= 4 is 22.9 Å². The van der Waals surface area contributed by atoms with Crippen LogP contribution in [0.4, 0.5) is 5.69 Å². The van der Waals surface area contributed by atoms with Crippen molar-refractivity contribution in [3.05, 3.63) is 29.8 Å². The van der Waals surface area contributed by atoms with Gasteiger partial charge in [0, 0.05) is 17.8 Å². The van der Waals surface area contributed by atoms with E-state index < -0.39 is 0 Å². The van der Waals surface area contributed by atoms with Crippen LogP contribution in [0.15, 0.2) is 24.3 Å². The third-order valence-corrected chi connectivity index (χ3v) is 3.80. The highest BCUT2D eigenvalue weighted by Crippen LogP contribution is 2.30. The Kier molecular flexibility index (Phi) is 4.00. The fourth-order valence-electron chi connectivity index (χ4n) is 2.62. The van der Waals surface area contributed by atoms with Crippen molar-refractivity contribution in [3.63, 3.8) is 0 Å². The molecule has 1 aromatic carbocycles. The van der Waals surface area contributed by atoms with Gasteiger partial charge in [-0.2, -0.15) is 0 Å². The predicted molar refractivity (Wildman–Crippen MR) is 77.3 cm³/mol. The Balaban J connectivity index is 1.97. The van der Waals surface area contributed by atoms with Crippen LogP contribution in [0.5, 0.6) is 0 Å². The van der Waals surface area contributed by atoms with Gasteiger partial charge in [-0.3, -0.25) is 0 Å². The summed E-state index contributed by atoms with van der Waals surface area (Å²) in [6.07, 6.45) is 4.04. The molecule has 0 aliphatic heterocycles. The van der Waals surface area contributed by atoms with E-state index in [-0.39, 0.29) is 0 Å². The van der Waals surface area contributed by atoms with E-state index in [1.807, 2.05) is 24.3 Å². The van der Waals surface area contributed by atoms with Crippen molar-refractivity contribution in [1.82, 2.24) is 0 Å². The first kappa shape index (κ1) is 12.4. The fraction of sp³-hybridized carbons (Fsp3) is 0.500. The van der Waals surface area contributed by atoms with Gasteiger partial charge in [0.15, 0.2) is 0 Å². The number of rotatable bonds is 4. The smallest absolute Gasteiger partial charge is 0.106 e. The number of hydrogen-bond donors (Lipinski definition) is 2. The van der Waals surface area contributed by atoms with Crippen molar-refractivity contribution in [1.29, 1.82) is 0 Å². The lowest BCUT2D eigenvalue weighted by atomic mass is 10.1. The van der Waals surface area contributed by atoms with Gasteiger partial charge in [0.25, 0.3) is 0 Å². The third kappa shape index (κ3) is 3.19. The van der Waals surface area contributed by atoms with Crippen LogP contribution in [-0.4, -0.2) is 11.5 Å². The molecule has 2 nitrogen and oxygen atoms in total. The number of para-hydroxylation sites is 1. The maximum absolute atomic E-state index is 5.71. The zero-order chi connectivity index (χ0) is 12.3. The van der Waals surface area contributed by atoms with Crippen molar-refractivity contribution in [2.45, 2.75) is 26.2 Å². The largest absolute Gasteiger partial charge is 0.389 e. The summed E-state index contributed by atoms with van der Waals surface area (Å²) in [5, 5.41) is 3.49. The molecular weight excluding hydrogens is 228 g/mol. The molecule has 1 fully saturated rings.